The van der Waals surface area contributed by atoms with Gasteiger partial charge in [-0.3, -0.25) is 4.79 Å². The summed E-state index contributed by atoms with van der Waals surface area (Å²) in [6.07, 6.45) is 7.07. The Kier molecular flexibility index (Phi) is 5.14. The van der Waals surface area contributed by atoms with E-state index < -0.39 is 0 Å². The number of benzene rings is 1. The summed E-state index contributed by atoms with van der Waals surface area (Å²) in [5, 5.41) is 4.19. The molecule has 2 amide bonds. The van der Waals surface area contributed by atoms with Crippen molar-refractivity contribution in [2.45, 2.75) is 19.4 Å². The van der Waals surface area contributed by atoms with E-state index >= 15 is 0 Å². The molecule has 1 aromatic carbocycles. The fraction of sp³-hybridized carbons (Fsp3) is 0.381. The Hall–Kier alpha value is -3.09. The molecule has 1 N–H and O–H groups in total. The third-order valence-corrected chi connectivity index (χ3v) is 5.43. The maximum atomic E-state index is 12.7. The van der Waals surface area contributed by atoms with Crippen molar-refractivity contribution in [1.82, 2.24) is 24.3 Å². The van der Waals surface area contributed by atoms with Crippen molar-refractivity contribution in [2.24, 2.45) is 13.0 Å². The van der Waals surface area contributed by atoms with Crippen LogP contribution < -0.4 is 5.32 Å². The normalized spacial score (nSPS) is 17.0. The first-order valence-electron chi connectivity index (χ1n) is 9.71. The highest BCUT2D eigenvalue weighted by Gasteiger charge is 2.30. The number of rotatable bonds is 5. The molecule has 4 rings (SSSR count). The number of aromatic nitrogens is 3. The SMILES string of the molecule is Cn1ccnc1C(=O)C1CCCN(C(=O)NCCn2ccc3ccccc32)C1. The van der Waals surface area contributed by atoms with E-state index in [1.807, 2.05) is 25.4 Å². The van der Waals surface area contributed by atoms with Gasteiger partial charge in [-0.15, -0.1) is 0 Å². The summed E-state index contributed by atoms with van der Waals surface area (Å²) >= 11 is 0. The first-order valence-corrected chi connectivity index (χ1v) is 9.71. The molecule has 0 saturated carbocycles. The van der Waals surface area contributed by atoms with Crippen molar-refractivity contribution in [2.75, 3.05) is 19.6 Å². The Bertz CT molecular complexity index is 990. The van der Waals surface area contributed by atoms with Gasteiger partial charge >= 0.3 is 6.03 Å². The smallest absolute Gasteiger partial charge is 0.317 e. The highest BCUT2D eigenvalue weighted by molar-refractivity contribution is 5.95. The number of para-hydroxylation sites is 1. The molecule has 28 heavy (non-hydrogen) atoms. The Labute approximate surface area is 164 Å². The number of carbonyl (C=O) groups excluding carboxylic acids is 2. The Balaban J connectivity index is 1.32. The number of hydrogen-bond donors (Lipinski definition) is 1. The molecule has 3 aromatic rings. The standard InChI is InChI=1S/C21H25N5O2/c1-24-13-9-22-20(24)19(27)17-6-4-11-26(15-17)21(28)23-10-14-25-12-8-16-5-2-3-7-18(16)25/h2-3,5,7-9,12-13,17H,4,6,10-11,14-15H2,1H3,(H,23,28). The largest absolute Gasteiger partial charge is 0.346 e. The number of aryl methyl sites for hydroxylation is 1. The van der Waals surface area contributed by atoms with Crippen LogP contribution in [0.2, 0.25) is 0 Å². The minimum Gasteiger partial charge on any atom is -0.346 e. The van der Waals surface area contributed by atoms with Crippen molar-refractivity contribution < 1.29 is 9.59 Å². The number of amides is 2. The quantitative estimate of drug-likeness (QED) is 0.693. The van der Waals surface area contributed by atoms with Crippen molar-refractivity contribution in [3.8, 4) is 0 Å². The van der Waals surface area contributed by atoms with E-state index in [1.54, 1.807) is 21.9 Å². The summed E-state index contributed by atoms with van der Waals surface area (Å²) in [4.78, 5) is 31.2. The summed E-state index contributed by atoms with van der Waals surface area (Å²) in [6, 6.07) is 10.2. The van der Waals surface area contributed by atoms with Crippen LogP contribution in [0, 0.1) is 5.92 Å². The number of fused-ring (bicyclic) bond motifs is 1. The van der Waals surface area contributed by atoms with Crippen LogP contribution in [0.1, 0.15) is 23.5 Å². The zero-order chi connectivity index (χ0) is 19.5. The number of nitrogens with one attached hydrogen (secondary N) is 1. The van der Waals surface area contributed by atoms with Gasteiger partial charge in [-0.05, 0) is 30.4 Å². The third kappa shape index (κ3) is 3.65. The van der Waals surface area contributed by atoms with Gasteiger partial charge in [-0.1, -0.05) is 18.2 Å². The number of Topliss-reactive ketones (excluding diaryl/α,β-unsaturated/α-hetero) is 1. The number of imidazole rings is 1. The van der Waals surface area contributed by atoms with E-state index in [0.717, 1.165) is 18.4 Å². The predicted molar refractivity (Wildman–Crippen MR) is 107 cm³/mol. The van der Waals surface area contributed by atoms with Crippen molar-refractivity contribution in [3.05, 3.63) is 54.7 Å². The van der Waals surface area contributed by atoms with Gasteiger partial charge in [0.2, 0.25) is 5.78 Å². The van der Waals surface area contributed by atoms with Crippen LogP contribution in [0.5, 0.6) is 0 Å². The van der Waals surface area contributed by atoms with Gasteiger partial charge in [-0.2, -0.15) is 0 Å². The molecule has 1 fully saturated rings. The van der Waals surface area contributed by atoms with E-state index in [9.17, 15) is 9.59 Å². The number of urea groups is 1. The van der Waals surface area contributed by atoms with Gasteiger partial charge < -0.3 is 19.4 Å². The van der Waals surface area contributed by atoms with Gasteiger partial charge in [0, 0.05) is 63.3 Å². The first-order chi connectivity index (χ1) is 13.6. The molecule has 0 radical (unpaired) electrons. The van der Waals surface area contributed by atoms with Gasteiger partial charge in [0.1, 0.15) is 0 Å². The highest BCUT2D eigenvalue weighted by atomic mass is 16.2. The third-order valence-electron chi connectivity index (χ3n) is 5.43. The zero-order valence-electron chi connectivity index (χ0n) is 16.0. The molecule has 7 heteroatoms. The molecule has 2 aromatic heterocycles. The number of piperidine rings is 1. The van der Waals surface area contributed by atoms with Gasteiger partial charge in [-0.25, -0.2) is 9.78 Å². The second-order valence-electron chi connectivity index (χ2n) is 7.31. The number of nitrogens with zero attached hydrogens (tertiary/aromatic N) is 4. The first kappa shape index (κ1) is 18.3. The minimum absolute atomic E-state index is 0.0174. The fourth-order valence-electron chi connectivity index (χ4n) is 3.89. The molecule has 7 nitrogen and oxygen atoms in total. The summed E-state index contributed by atoms with van der Waals surface area (Å²) in [7, 11) is 1.82. The lowest BCUT2D eigenvalue weighted by molar-refractivity contribution is 0.0831. The molecule has 1 atom stereocenters. The van der Waals surface area contributed by atoms with Crippen LogP contribution in [-0.4, -0.2) is 50.5 Å². The maximum absolute atomic E-state index is 12.7. The number of ketones is 1. The lowest BCUT2D eigenvalue weighted by Crippen LogP contribution is -2.47. The van der Waals surface area contributed by atoms with E-state index in [1.165, 1.54) is 5.39 Å². The molecule has 1 aliphatic rings. The van der Waals surface area contributed by atoms with Crippen molar-refractivity contribution in [1.29, 1.82) is 0 Å². The number of hydrogen-bond acceptors (Lipinski definition) is 3. The monoisotopic (exact) mass is 379 g/mol. The number of carbonyl (C=O) groups is 2. The Morgan fingerprint density at radius 3 is 2.89 bits per heavy atom. The average molecular weight is 379 g/mol. The van der Waals surface area contributed by atoms with Crippen LogP contribution >= 0.6 is 0 Å². The lowest BCUT2D eigenvalue weighted by Gasteiger charge is -2.31. The van der Waals surface area contributed by atoms with E-state index in [-0.39, 0.29) is 17.7 Å². The summed E-state index contributed by atoms with van der Waals surface area (Å²) in [5.74, 6) is 0.296. The summed E-state index contributed by atoms with van der Waals surface area (Å²) < 4.78 is 3.88. The molecular weight excluding hydrogens is 354 g/mol. The lowest BCUT2D eigenvalue weighted by atomic mass is 9.93. The highest BCUT2D eigenvalue weighted by Crippen LogP contribution is 2.20. The Morgan fingerprint density at radius 1 is 1.21 bits per heavy atom. The average Bonchev–Trinajstić information content (AvgIpc) is 3.34. The summed E-state index contributed by atoms with van der Waals surface area (Å²) in [5.41, 5.74) is 1.16. The molecule has 1 aliphatic heterocycles. The van der Waals surface area contributed by atoms with Crippen molar-refractivity contribution >= 4 is 22.7 Å². The minimum atomic E-state index is -0.186. The number of likely N-dealkylation sites (tertiary alicyclic amines) is 1. The maximum Gasteiger partial charge on any atom is 0.317 e. The predicted octanol–water partition coefficient (Wildman–Crippen LogP) is 2.68. The van der Waals surface area contributed by atoms with Crippen LogP contribution in [0.25, 0.3) is 10.9 Å². The van der Waals surface area contributed by atoms with Crippen LogP contribution in [0.15, 0.2) is 48.9 Å². The van der Waals surface area contributed by atoms with E-state index in [4.69, 9.17) is 0 Å². The van der Waals surface area contributed by atoms with Crippen LogP contribution in [0.4, 0.5) is 4.79 Å². The van der Waals surface area contributed by atoms with E-state index in [2.05, 4.69) is 33.1 Å². The van der Waals surface area contributed by atoms with Crippen LogP contribution in [0.3, 0.4) is 0 Å². The topological polar surface area (TPSA) is 72.2 Å². The van der Waals surface area contributed by atoms with Gasteiger partial charge in [0.25, 0.3) is 0 Å². The van der Waals surface area contributed by atoms with Gasteiger partial charge in [0.05, 0.1) is 0 Å². The summed E-state index contributed by atoms with van der Waals surface area (Å²) in [6.45, 7) is 2.39. The molecule has 0 bridgehead atoms. The Morgan fingerprint density at radius 2 is 2.07 bits per heavy atom. The second-order valence-corrected chi connectivity index (χ2v) is 7.31. The van der Waals surface area contributed by atoms with Gasteiger partial charge in [0.15, 0.2) is 5.82 Å². The molecule has 3 heterocycles. The van der Waals surface area contributed by atoms with E-state index in [0.29, 0.717) is 32.0 Å². The molecule has 0 aliphatic carbocycles. The second kappa shape index (κ2) is 7.88. The molecule has 1 unspecified atom stereocenters. The van der Waals surface area contributed by atoms with Crippen molar-refractivity contribution in [3.63, 3.8) is 0 Å². The molecular formula is C21H25N5O2. The van der Waals surface area contributed by atoms with Crippen LogP contribution in [-0.2, 0) is 13.6 Å². The molecule has 146 valence electrons. The fourth-order valence-corrected chi connectivity index (χ4v) is 3.89. The molecule has 0 spiro atoms. The molecule has 1 saturated heterocycles. The zero-order valence-corrected chi connectivity index (χ0v) is 16.0.